The number of para-hydroxylation sites is 3. The van der Waals surface area contributed by atoms with E-state index in [1.54, 1.807) is 12.0 Å². The van der Waals surface area contributed by atoms with Gasteiger partial charge in [-0.05, 0) is 38.1 Å². The Morgan fingerprint density at radius 1 is 0.973 bits per heavy atom. The molecule has 5 rings (SSSR count). The van der Waals surface area contributed by atoms with E-state index in [0.717, 1.165) is 22.0 Å². The second-order valence-corrected chi connectivity index (χ2v) is 9.37. The molecule has 7 nitrogen and oxygen atoms in total. The molecule has 3 aromatic carbocycles. The molecule has 1 N–H and O–H groups in total. The van der Waals surface area contributed by atoms with E-state index in [-0.39, 0.29) is 24.9 Å². The first-order valence-electron chi connectivity index (χ1n) is 12.5. The van der Waals surface area contributed by atoms with Crippen LogP contribution in [0.3, 0.4) is 0 Å². The molecule has 0 radical (unpaired) electrons. The Morgan fingerprint density at radius 3 is 2.41 bits per heavy atom. The summed E-state index contributed by atoms with van der Waals surface area (Å²) >= 11 is 0. The maximum atomic E-state index is 14.0. The molecule has 0 saturated carbocycles. The summed E-state index contributed by atoms with van der Waals surface area (Å²) in [5, 5.41) is 4.05. The lowest BCUT2D eigenvalue weighted by Crippen LogP contribution is -2.63. The van der Waals surface area contributed by atoms with Crippen molar-refractivity contribution in [1.29, 1.82) is 0 Å². The predicted octanol–water partition coefficient (Wildman–Crippen LogP) is 4.78. The molecule has 1 aromatic heterocycles. The molecule has 1 aliphatic rings. The van der Waals surface area contributed by atoms with E-state index < -0.39 is 5.54 Å². The van der Waals surface area contributed by atoms with Gasteiger partial charge in [-0.15, -0.1) is 0 Å². The molecule has 0 saturated heterocycles. The number of nitrogens with zero attached hydrogens (tertiary/aromatic N) is 2. The van der Waals surface area contributed by atoms with Crippen molar-refractivity contribution in [2.45, 2.75) is 39.0 Å². The van der Waals surface area contributed by atoms with Crippen LogP contribution in [0.15, 0.2) is 78.9 Å². The van der Waals surface area contributed by atoms with Crippen molar-refractivity contribution in [1.82, 2.24) is 14.8 Å². The Labute approximate surface area is 216 Å². The van der Waals surface area contributed by atoms with E-state index >= 15 is 0 Å². The smallest absolute Gasteiger partial charge is 0.271 e. The van der Waals surface area contributed by atoms with Crippen molar-refractivity contribution in [2.75, 3.05) is 13.7 Å². The average molecular weight is 498 g/mol. The highest BCUT2D eigenvalue weighted by molar-refractivity contribution is 6.03. The monoisotopic (exact) mass is 497 g/mol. The molecular weight excluding hydrogens is 466 g/mol. The highest BCUT2D eigenvalue weighted by Crippen LogP contribution is 2.35. The highest BCUT2D eigenvalue weighted by Gasteiger charge is 2.47. The number of nitrogens with one attached hydrogen (secondary N) is 1. The van der Waals surface area contributed by atoms with Crippen molar-refractivity contribution in [2.24, 2.45) is 0 Å². The third kappa shape index (κ3) is 4.42. The van der Waals surface area contributed by atoms with Crippen molar-refractivity contribution in [3.8, 4) is 11.5 Å². The number of rotatable bonds is 8. The Balaban J connectivity index is 1.54. The fourth-order valence-electron chi connectivity index (χ4n) is 5.07. The maximum absolute atomic E-state index is 14.0. The van der Waals surface area contributed by atoms with Gasteiger partial charge in [0, 0.05) is 28.6 Å². The molecule has 37 heavy (non-hydrogen) atoms. The zero-order chi connectivity index (χ0) is 26.0. The number of carbonyl (C=O) groups excluding carboxylic acids is 2. The van der Waals surface area contributed by atoms with Crippen LogP contribution in [0, 0.1) is 0 Å². The number of aromatic nitrogens is 1. The van der Waals surface area contributed by atoms with Crippen LogP contribution in [-0.4, -0.2) is 40.5 Å². The number of hydrogen-bond donors (Lipinski definition) is 1. The Hall–Kier alpha value is -4.26. The van der Waals surface area contributed by atoms with Crippen LogP contribution in [0.25, 0.3) is 10.9 Å². The van der Waals surface area contributed by atoms with Crippen LogP contribution in [0.2, 0.25) is 0 Å². The number of methoxy groups -OCH3 is 1. The summed E-state index contributed by atoms with van der Waals surface area (Å²) in [5.74, 6) is 0.988. The lowest BCUT2D eigenvalue weighted by Gasteiger charge is -2.44. The summed E-state index contributed by atoms with van der Waals surface area (Å²) in [7, 11) is 1.61. The molecular formula is C30H31N3O4. The number of fused-ring (bicyclic) bond motifs is 3. The topological polar surface area (TPSA) is 72.8 Å². The summed E-state index contributed by atoms with van der Waals surface area (Å²) in [6.07, 6.45) is 0. The molecule has 1 atom stereocenters. The van der Waals surface area contributed by atoms with Crippen LogP contribution < -0.4 is 14.8 Å². The molecule has 0 aliphatic carbocycles. The van der Waals surface area contributed by atoms with Crippen LogP contribution in [0.4, 0.5) is 0 Å². The lowest BCUT2D eigenvalue weighted by atomic mass is 9.93. The van der Waals surface area contributed by atoms with E-state index in [9.17, 15) is 9.59 Å². The molecule has 0 fully saturated rings. The normalized spacial score (nSPS) is 16.9. The molecule has 2 heterocycles. The Bertz CT molecular complexity index is 1460. The van der Waals surface area contributed by atoms with E-state index in [2.05, 4.69) is 5.32 Å². The van der Waals surface area contributed by atoms with Gasteiger partial charge in [-0.3, -0.25) is 9.59 Å². The zero-order valence-corrected chi connectivity index (χ0v) is 21.4. The second kappa shape index (κ2) is 10.0. The Kier molecular flexibility index (Phi) is 6.61. The number of hydrogen-bond acceptors (Lipinski definition) is 4. The molecule has 0 bridgehead atoms. The zero-order valence-electron chi connectivity index (χ0n) is 21.4. The fraction of sp³-hybridized carbons (Fsp3) is 0.267. The van der Waals surface area contributed by atoms with E-state index in [1.165, 1.54) is 0 Å². The molecule has 4 aromatic rings. The first-order valence-corrected chi connectivity index (χ1v) is 12.5. The van der Waals surface area contributed by atoms with Crippen molar-refractivity contribution >= 4 is 22.7 Å². The van der Waals surface area contributed by atoms with Gasteiger partial charge in [-0.1, -0.05) is 54.6 Å². The fourth-order valence-corrected chi connectivity index (χ4v) is 5.07. The van der Waals surface area contributed by atoms with Crippen LogP contribution in [-0.2, 0) is 24.4 Å². The first kappa shape index (κ1) is 24.4. The number of benzene rings is 3. The maximum Gasteiger partial charge on any atom is 0.271 e. The van der Waals surface area contributed by atoms with E-state index in [0.29, 0.717) is 30.3 Å². The molecule has 2 amide bonds. The average Bonchev–Trinajstić information content (AvgIpc) is 3.29. The predicted molar refractivity (Wildman–Crippen MR) is 143 cm³/mol. The lowest BCUT2D eigenvalue weighted by molar-refractivity contribution is -0.133. The summed E-state index contributed by atoms with van der Waals surface area (Å²) in [6, 6.07) is 25.0. The van der Waals surface area contributed by atoms with Gasteiger partial charge in [0.25, 0.3) is 5.91 Å². The van der Waals surface area contributed by atoms with Crippen molar-refractivity contribution in [3.63, 3.8) is 0 Å². The second-order valence-electron chi connectivity index (χ2n) is 9.37. The Morgan fingerprint density at radius 2 is 1.65 bits per heavy atom. The van der Waals surface area contributed by atoms with Crippen molar-refractivity contribution < 1.29 is 19.1 Å². The van der Waals surface area contributed by atoms with Gasteiger partial charge in [0.1, 0.15) is 22.7 Å². The summed E-state index contributed by atoms with van der Waals surface area (Å²) < 4.78 is 13.2. The number of amides is 2. The van der Waals surface area contributed by atoms with Gasteiger partial charge in [0.15, 0.2) is 0 Å². The summed E-state index contributed by atoms with van der Waals surface area (Å²) in [6.45, 7) is 5.14. The highest BCUT2D eigenvalue weighted by atomic mass is 16.5. The van der Waals surface area contributed by atoms with E-state index in [4.69, 9.17) is 9.47 Å². The van der Waals surface area contributed by atoms with Gasteiger partial charge in [-0.25, -0.2) is 0 Å². The first-order chi connectivity index (χ1) is 18.0. The quantitative estimate of drug-likeness (QED) is 0.380. The third-order valence-electron chi connectivity index (χ3n) is 7.06. The van der Waals surface area contributed by atoms with Crippen LogP contribution >= 0.6 is 0 Å². The van der Waals surface area contributed by atoms with Gasteiger partial charge >= 0.3 is 0 Å². The van der Waals surface area contributed by atoms with Crippen molar-refractivity contribution in [3.05, 3.63) is 95.7 Å². The SMILES string of the molecule is CCOc1ccccc1CN1C(=O)c2cc3ccccc3n2C[C@@]1(C)C(=O)NCc1ccccc1OC. The third-order valence-corrected chi connectivity index (χ3v) is 7.06. The van der Waals surface area contributed by atoms with E-state index in [1.807, 2.05) is 97.3 Å². The van der Waals surface area contributed by atoms with Gasteiger partial charge in [-0.2, -0.15) is 0 Å². The minimum Gasteiger partial charge on any atom is -0.496 e. The van der Waals surface area contributed by atoms with Gasteiger partial charge < -0.3 is 24.3 Å². The molecule has 7 heteroatoms. The van der Waals surface area contributed by atoms with Crippen LogP contribution in [0.1, 0.15) is 35.5 Å². The number of carbonyl (C=O) groups is 2. The van der Waals surface area contributed by atoms with Crippen LogP contribution in [0.5, 0.6) is 11.5 Å². The number of ether oxygens (including phenoxy) is 2. The minimum absolute atomic E-state index is 0.191. The summed E-state index contributed by atoms with van der Waals surface area (Å²) in [5.41, 5.74) is 2.08. The standard InChI is InChI=1S/C30H31N3O4/c1-4-37-27-16-10-7-13-23(27)19-33-28(34)25-17-21-11-5-8-14-24(21)32(25)20-30(33,2)29(35)31-18-22-12-6-9-15-26(22)36-3/h5-17H,4,18-20H2,1-3H3,(H,31,35)/t30-/m0/s1. The minimum atomic E-state index is -1.15. The summed E-state index contributed by atoms with van der Waals surface area (Å²) in [4.78, 5) is 29.6. The molecule has 1 aliphatic heterocycles. The molecule has 0 unspecified atom stereocenters. The molecule has 190 valence electrons. The molecule has 0 spiro atoms. The van der Waals surface area contributed by atoms with Gasteiger partial charge in [0.2, 0.25) is 5.91 Å². The largest absolute Gasteiger partial charge is 0.496 e. The van der Waals surface area contributed by atoms with Gasteiger partial charge in [0.05, 0.1) is 26.8 Å².